The van der Waals surface area contributed by atoms with Crippen molar-refractivity contribution in [1.29, 1.82) is 0 Å². The molecule has 0 atom stereocenters. The van der Waals surface area contributed by atoms with E-state index >= 15 is 0 Å². The largest absolute Gasteiger partial charge is 0.481 e. The molecule has 0 amide bonds. The molecule has 0 fully saturated rings. The predicted octanol–water partition coefficient (Wildman–Crippen LogP) is 5.12. The first-order valence-corrected chi connectivity index (χ1v) is 8.19. The highest BCUT2D eigenvalue weighted by Gasteiger charge is 2.15. The number of halogens is 1. The molecule has 0 aliphatic heterocycles. The Morgan fingerprint density at radius 1 is 1.04 bits per heavy atom. The van der Waals surface area contributed by atoms with Crippen LogP contribution in [-0.2, 0) is 11.2 Å². The Kier molecular flexibility index (Phi) is 4.72. The van der Waals surface area contributed by atoms with Gasteiger partial charge in [-0.25, -0.2) is 0 Å². The minimum atomic E-state index is -0.799. The highest BCUT2D eigenvalue weighted by atomic mass is 35.5. The Bertz CT molecular complexity index is 869. The highest BCUT2D eigenvalue weighted by Crippen LogP contribution is 2.31. The van der Waals surface area contributed by atoms with Crippen LogP contribution < -0.4 is 0 Å². The zero-order valence-electron chi connectivity index (χ0n) is 13.4. The Labute approximate surface area is 146 Å². The first kappa shape index (κ1) is 16.3. The van der Waals surface area contributed by atoms with Gasteiger partial charge in [0.1, 0.15) is 0 Å². The average Bonchev–Trinajstić information content (AvgIpc) is 3.00. The molecule has 122 valence electrons. The summed E-state index contributed by atoms with van der Waals surface area (Å²) in [5.41, 5.74) is 5.03. The Hall–Kier alpha value is -2.52. The number of nitrogens with zero attached hydrogens (tertiary/aromatic N) is 1. The van der Waals surface area contributed by atoms with Crippen LogP contribution in [0.2, 0.25) is 5.02 Å². The quantitative estimate of drug-likeness (QED) is 0.700. The summed E-state index contributed by atoms with van der Waals surface area (Å²) in [6.07, 6.45) is 0.561. The van der Waals surface area contributed by atoms with Gasteiger partial charge in [-0.05, 0) is 48.7 Å². The van der Waals surface area contributed by atoms with Crippen LogP contribution in [0.15, 0.2) is 60.7 Å². The van der Waals surface area contributed by atoms with Crippen LogP contribution in [0.25, 0.3) is 16.9 Å². The van der Waals surface area contributed by atoms with Crippen LogP contribution in [0.5, 0.6) is 0 Å². The van der Waals surface area contributed by atoms with Gasteiger partial charge in [0.15, 0.2) is 0 Å². The van der Waals surface area contributed by atoms with E-state index in [0.717, 1.165) is 28.2 Å². The predicted molar refractivity (Wildman–Crippen MR) is 96.9 cm³/mol. The lowest BCUT2D eigenvalue weighted by Crippen LogP contribution is -2.06. The summed E-state index contributed by atoms with van der Waals surface area (Å²) in [7, 11) is 0. The third-order valence-electron chi connectivity index (χ3n) is 4.11. The minimum absolute atomic E-state index is 0.0951. The maximum absolute atomic E-state index is 11.0. The molecule has 0 bridgehead atoms. The SMILES string of the molecule is Cc1c(Cl)cccc1-n1c(CCC(=O)O)ccc1-c1ccccc1. The van der Waals surface area contributed by atoms with Crippen LogP contribution in [0.4, 0.5) is 0 Å². The number of carboxylic acid groups (broad SMARTS) is 1. The fourth-order valence-corrected chi connectivity index (χ4v) is 3.04. The van der Waals surface area contributed by atoms with Gasteiger partial charge in [0.2, 0.25) is 0 Å². The molecule has 4 heteroatoms. The topological polar surface area (TPSA) is 42.2 Å². The van der Waals surface area contributed by atoms with Crippen molar-refractivity contribution >= 4 is 17.6 Å². The van der Waals surface area contributed by atoms with Crippen LogP contribution in [-0.4, -0.2) is 15.6 Å². The fourth-order valence-electron chi connectivity index (χ4n) is 2.87. The summed E-state index contributed by atoms with van der Waals surface area (Å²) in [6, 6.07) is 19.9. The van der Waals surface area contributed by atoms with Crippen LogP contribution in [0.1, 0.15) is 17.7 Å². The molecule has 0 saturated heterocycles. The number of carbonyl (C=O) groups is 1. The van der Waals surface area contributed by atoms with Gasteiger partial charge in [-0.2, -0.15) is 0 Å². The average molecular weight is 340 g/mol. The second kappa shape index (κ2) is 6.93. The molecule has 2 aromatic carbocycles. The zero-order valence-corrected chi connectivity index (χ0v) is 14.1. The van der Waals surface area contributed by atoms with Crippen LogP contribution in [0.3, 0.4) is 0 Å². The Balaban J connectivity index is 2.18. The number of hydrogen-bond donors (Lipinski definition) is 1. The van der Waals surface area contributed by atoms with Crippen molar-refractivity contribution in [2.75, 3.05) is 0 Å². The fraction of sp³-hybridized carbons (Fsp3) is 0.150. The van der Waals surface area contributed by atoms with Crippen molar-refractivity contribution in [1.82, 2.24) is 4.57 Å². The van der Waals surface area contributed by atoms with Crippen molar-refractivity contribution in [3.05, 3.63) is 76.9 Å². The second-order valence-corrected chi connectivity index (χ2v) is 6.10. The maximum atomic E-state index is 11.0. The van der Waals surface area contributed by atoms with E-state index in [4.69, 9.17) is 16.7 Å². The molecule has 1 N–H and O–H groups in total. The number of aryl methyl sites for hydroxylation is 1. The van der Waals surface area contributed by atoms with E-state index in [2.05, 4.69) is 4.57 Å². The summed E-state index contributed by atoms with van der Waals surface area (Å²) in [5.74, 6) is -0.799. The van der Waals surface area contributed by atoms with Crippen molar-refractivity contribution in [2.24, 2.45) is 0 Å². The maximum Gasteiger partial charge on any atom is 0.303 e. The molecular weight excluding hydrogens is 322 g/mol. The summed E-state index contributed by atoms with van der Waals surface area (Å²) in [4.78, 5) is 11.0. The number of rotatable bonds is 5. The number of aromatic nitrogens is 1. The summed E-state index contributed by atoms with van der Waals surface area (Å²) in [5, 5.41) is 9.73. The number of benzene rings is 2. The van der Waals surface area contributed by atoms with E-state index in [-0.39, 0.29) is 6.42 Å². The zero-order chi connectivity index (χ0) is 17.1. The standard InChI is InChI=1S/C20H18ClNO2/c1-14-17(21)8-5-9-18(14)22-16(11-13-20(23)24)10-12-19(22)15-6-3-2-4-7-15/h2-10,12H,11,13H2,1H3,(H,23,24). The van der Waals surface area contributed by atoms with Gasteiger partial charge in [0.05, 0.1) is 17.8 Å². The van der Waals surface area contributed by atoms with Gasteiger partial charge in [-0.1, -0.05) is 48.0 Å². The lowest BCUT2D eigenvalue weighted by molar-refractivity contribution is -0.136. The molecule has 0 spiro atoms. The minimum Gasteiger partial charge on any atom is -0.481 e. The number of aliphatic carboxylic acids is 1. The highest BCUT2D eigenvalue weighted by molar-refractivity contribution is 6.31. The molecule has 0 saturated carbocycles. The molecule has 0 radical (unpaired) electrons. The lowest BCUT2D eigenvalue weighted by Gasteiger charge is -2.17. The molecule has 1 heterocycles. The lowest BCUT2D eigenvalue weighted by atomic mass is 10.1. The molecule has 0 unspecified atom stereocenters. The summed E-state index contributed by atoms with van der Waals surface area (Å²) < 4.78 is 2.11. The van der Waals surface area contributed by atoms with Gasteiger partial charge >= 0.3 is 5.97 Å². The van der Waals surface area contributed by atoms with Crippen molar-refractivity contribution in [3.8, 4) is 16.9 Å². The monoisotopic (exact) mass is 339 g/mol. The van der Waals surface area contributed by atoms with Crippen molar-refractivity contribution < 1.29 is 9.90 Å². The van der Waals surface area contributed by atoms with Gasteiger partial charge in [0, 0.05) is 10.7 Å². The van der Waals surface area contributed by atoms with Gasteiger partial charge in [-0.15, -0.1) is 0 Å². The van der Waals surface area contributed by atoms with Gasteiger partial charge in [0.25, 0.3) is 0 Å². The molecule has 24 heavy (non-hydrogen) atoms. The third kappa shape index (κ3) is 3.22. The first-order valence-electron chi connectivity index (χ1n) is 7.81. The molecule has 0 aliphatic rings. The molecule has 3 nitrogen and oxygen atoms in total. The Morgan fingerprint density at radius 2 is 1.79 bits per heavy atom. The van der Waals surface area contributed by atoms with Gasteiger partial charge in [-0.3, -0.25) is 4.79 Å². The summed E-state index contributed by atoms with van der Waals surface area (Å²) in [6.45, 7) is 1.98. The van der Waals surface area contributed by atoms with Crippen LogP contribution >= 0.6 is 11.6 Å². The van der Waals surface area contributed by atoms with E-state index in [0.29, 0.717) is 11.4 Å². The molecule has 0 aliphatic carbocycles. The molecular formula is C20H18ClNO2. The van der Waals surface area contributed by atoms with Crippen molar-refractivity contribution in [3.63, 3.8) is 0 Å². The van der Waals surface area contributed by atoms with E-state index in [1.165, 1.54) is 0 Å². The van der Waals surface area contributed by atoms with E-state index < -0.39 is 5.97 Å². The third-order valence-corrected chi connectivity index (χ3v) is 4.52. The summed E-state index contributed by atoms with van der Waals surface area (Å²) >= 11 is 6.30. The van der Waals surface area contributed by atoms with E-state index in [9.17, 15) is 4.79 Å². The van der Waals surface area contributed by atoms with Crippen molar-refractivity contribution in [2.45, 2.75) is 19.8 Å². The Morgan fingerprint density at radius 3 is 2.50 bits per heavy atom. The van der Waals surface area contributed by atoms with Crippen LogP contribution in [0, 0.1) is 6.92 Å². The normalized spacial score (nSPS) is 10.8. The smallest absolute Gasteiger partial charge is 0.303 e. The molecule has 3 aromatic rings. The van der Waals surface area contributed by atoms with Gasteiger partial charge < -0.3 is 9.67 Å². The number of carboxylic acids is 1. The van der Waals surface area contributed by atoms with E-state index in [1.807, 2.05) is 67.6 Å². The van der Waals surface area contributed by atoms with E-state index in [1.54, 1.807) is 0 Å². The molecule has 3 rings (SSSR count). The molecule has 1 aromatic heterocycles. The first-order chi connectivity index (χ1) is 11.6. The second-order valence-electron chi connectivity index (χ2n) is 5.69. The number of hydrogen-bond acceptors (Lipinski definition) is 1.